The van der Waals surface area contributed by atoms with Crippen molar-refractivity contribution in [3.8, 4) is 6.07 Å². The second-order valence-electron chi connectivity index (χ2n) is 4.35. The number of rotatable bonds is 3. The van der Waals surface area contributed by atoms with E-state index in [4.69, 9.17) is 5.26 Å². The highest BCUT2D eigenvalue weighted by Gasteiger charge is 2.07. The van der Waals surface area contributed by atoms with Gasteiger partial charge in [-0.15, -0.1) is 0 Å². The molecule has 0 spiro atoms. The summed E-state index contributed by atoms with van der Waals surface area (Å²) in [6.07, 6.45) is 1.89. The number of anilines is 1. The summed E-state index contributed by atoms with van der Waals surface area (Å²) in [5.74, 6) is -0.337. The predicted molar refractivity (Wildman–Crippen MR) is 75.4 cm³/mol. The highest BCUT2D eigenvalue weighted by Crippen LogP contribution is 2.11. The summed E-state index contributed by atoms with van der Waals surface area (Å²) >= 11 is 0. The van der Waals surface area contributed by atoms with Crippen LogP contribution in [-0.2, 0) is 13.5 Å². The fraction of sp³-hybridized carbons (Fsp3) is 0.133. The Hall–Kier alpha value is -2.87. The molecule has 0 unspecified atom stereocenters. The van der Waals surface area contributed by atoms with Crippen LogP contribution in [0.4, 0.5) is 5.69 Å². The number of aryl methyl sites for hydroxylation is 1. The van der Waals surface area contributed by atoms with Gasteiger partial charge in [-0.3, -0.25) is 9.59 Å². The lowest BCUT2D eigenvalue weighted by molar-refractivity contribution is 0.102. The summed E-state index contributed by atoms with van der Waals surface area (Å²) in [5.41, 5.74) is 1.59. The maximum atomic E-state index is 12.0. The van der Waals surface area contributed by atoms with Crippen LogP contribution < -0.4 is 10.9 Å². The van der Waals surface area contributed by atoms with Crippen molar-refractivity contribution < 1.29 is 4.79 Å². The zero-order valence-corrected chi connectivity index (χ0v) is 11.0. The maximum absolute atomic E-state index is 12.0. The van der Waals surface area contributed by atoms with Gasteiger partial charge in [0.1, 0.15) is 0 Å². The summed E-state index contributed by atoms with van der Waals surface area (Å²) in [7, 11) is 1.62. The number of carbonyl (C=O) groups excluding carboxylic acids is 1. The average Bonchev–Trinajstić information content (AvgIpc) is 2.44. The van der Waals surface area contributed by atoms with Gasteiger partial charge < -0.3 is 9.88 Å². The normalized spacial score (nSPS) is 9.80. The fourth-order valence-corrected chi connectivity index (χ4v) is 1.69. The Labute approximate surface area is 116 Å². The molecule has 5 heteroatoms. The van der Waals surface area contributed by atoms with E-state index < -0.39 is 0 Å². The molecule has 20 heavy (non-hydrogen) atoms. The van der Waals surface area contributed by atoms with Crippen molar-refractivity contribution in [1.29, 1.82) is 5.26 Å². The third kappa shape index (κ3) is 3.12. The third-order valence-electron chi connectivity index (χ3n) is 2.86. The van der Waals surface area contributed by atoms with Crippen molar-refractivity contribution in [2.45, 2.75) is 6.42 Å². The van der Waals surface area contributed by atoms with Crippen LogP contribution in [-0.4, -0.2) is 10.5 Å². The number of hydrogen-bond acceptors (Lipinski definition) is 3. The molecule has 1 heterocycles. The molecule has 2 aromatic rings. The Kier molecular flexibility index (Phi) is 3.96. The number of amides is 1. The van der Waals surface area contributed by atoms with E-state index in [2.05, 4.69) is 11.4 Å². The number of nitriles is 1. The molecular weight excluding hydrogens is 254 g/mol. The molecule has 0 atom stereocenters. The monoisotopic (exact) mass is 267 g/mol. The number of nitrogens with one attached hydrogen (secondary N) is 1. The van der Waals surface area contributed by atoms with E-state index in [1.807, 2.05) is 0 Å². The van der Waals surface area contributed by atoms with E-state index in [-0.39, 0.29) is 11.5 Å². The smallest absolute Gasteiger partial charge is 0.255 e. The third-order valence-corrected chi connectivity index (χ3v) is 2.86. The average molecular weight is 267 g/mol. The molecule has 2 rings (SSSR count). The fourth-order valence-electron chi connectivity index (χ4n) is 1.69. The highest BCUT2D eigenvalue weighted by atomic mass is 16.2. The molecular formula is C15H13N3O2. The number of benzene rings is 1. The molecule has 0 fully saturated rings. The second-order valence-corrected chi connectivity index (χ2v) is 4.35. The lowest BCUT2D eigenvalue weighted by Gasteiger charge is -2.06. The Morgan fingerprint density at radius 1 is 1.30 bits per heavy atom. The molecule has 1 aromatic heterocycles. The zero-order chi connectivity index (χ0) is 14.5. The number of nitrogens with zero attached hydrogens (tertiary/aromatic N) is 2. The van der Waals surface area contributed by atoms with Crippen molar-refractivity contribution in [3.05, 3.63) is 64.1 Å². The first-order chi connectivity index (χ1) is 9.60. The van der Waals surface area contributed by atoms with Gasteiger partial charge >= 0.3 is 0 Å². The Morgan fingerprint density at radius 2 is 2.00 bits per heavy atom. The van der Waals surface area contributed by atoms with E-state index in [9.17, 15) is 9.59 Å². The van der Waals surface area contributed by atoms with Gasteiger partial charge in [0.15, 0.2) is 0 Å². The minimum absolute atomic E-state index is 0.234. The highest BCUT2D eigenvalue weighted by molar-refractivity contribution is 6.04. The first-order valence-corrected chi connectivity index (χ1v) is 6.04. The van der Waals surface area contributed by atoms with Crippen LogP contribution in [0, 0.1) is 11.3 Å². The van der Waals surface area contributed by atoms with Gasteiger partial charge in [-0.25, -0.2) is 0 Å². The van der Waals surface area contributed by atoms with Crippen LogP contribution in [0.25, 0.3) is 0 Å². The SMILES string of the molecule is Cn1ccc(C(=O)Nc2ccc(CC#N)cc2)cc1=O. The van der Waals surface area contributed by atoms with Gasteiger partial charge in [-0.1, -0.05) is 12.1 Å². The molecule has 0 saturated heterocycles. The number of carbonyl (C=O) groups is 1. The summed E-state index contributed by atoms with van der Waals surface area (Å²) in [5, 5.41) is 11.3. The van der Waals surface area contributed by atoms with Crippen molar-refractivity contribution in [2.75, 3.05) is 5.32 Å². The first-order valence-electron chi connectivity index (χ1n) is 6.04. The van der Waals surface area contributed by atoms with Crippen molar-refractivity contribution >= 4 is 11.6 Å². The van der Waals surface area contributed by atoms with Crippen LogP contribution in [0.2, 0.25) is 0 Å². The van der Waals surface area contributed by atoms with Gasteiger partial charge in [0.25, 0.3) is 11.5 Å². The van der Waals surface area contributed by atoms with Crippen LogP contribution >= 0.6 is 0 Å². The summed E-state index contributed by atoms with van der Waals surface area (Å²) < 4.78 is 1.40. The molecule has 5 nitrogen and oxygen atoms in total. The Balaban J connectivity index is 2.13. The Morgan fingerprint density at radius 3 is 2.60 bits per heavy atom. The van der Waals surface area contributed by atoms with Gasteiger partial charge in [0, 0.05) is 30.6 Å². The van der Waals surface area contributed by atoms with Crippen LogP contribution in [0.1, 0.15) is 15.9 Å². The molecule has 0 saturated carbocycles. The lowest BCUT2D eigenvalue weighted by atomic mass is 10.1. The minimum Gasteiger partial charge on any atom is -0.322 e. The number of aromatic nitrogens is 1. The van der Waals surface area contributed by atoms with E-state index in [1.165, 1.54) is 10.6 Å². The summed E-state index contributed by atoms with van der Waals surface area (Å²) in [6, 6.07) is 11.9. The van der Waals surface area contributed by atoms with Crippen molar-refractivity contribution in [2.24, 2.45) is 7.05 Å². The van der Waals surface area contributed by atoms with E-state index in [0.717, 1.165) is 5.56 Å². The summed E-state index contributed by atoms with van der Waals surface area (Å²) in [4.78, 5) is 23.4. The van der Waals surface area contributed by atoms with Gasteiger partial charge in [0.2, 0.25) is 0 Å². The van der Waals surface area contributed by atoms with Crippen LogP contribution in [0.3, 0.4) is 0 Å². The lowest BCUT2D eigenvalue weighted by Crippen LogP contribution is -2.19. The number of hydrogen-bond donors (Lipinski definition) is 1. The topological polar surface area (TPSA) is 74.9 Å². The standard InChI is InChI=1S/C15H13N3O2/c1-18-9-7-12(10-14(18)19)15(20)17-13-4-2-11(3-5-13)6-8-16/h2-5,7,9-10H,6H2,1H3,(H,17,20). The maximum Gasteiger partial charge on any atom is 0.255 e. The van der Waals surface area contributed by atoms with Crippen molar-refractivity contribution in [1.82, 2.24) is 4.57 Å². The van der Waals surface area contributed by atoms with Crippen LogP contribution in [0.15, 0.2) is 47.4 Å². The van der Waals surface area contributed by atoms with Gasteiger partial charge in [-0.2, -0.15) is 5.26 Å². The first kappa shape index (κ1) is 13.6. The van der Waals surface area contributed by atoms with Gasteiger partial charge in [0.05, 0.1) is 12.5 Å². The summed E-state index contributed by atoms with van der Waals surface area (Å²) in [6.45, 7) is 0. The second kappa shape index (κ2) is 5.85. The molecule has 1 N–H and O–H groups in total. The molecule has 0 aliphatic rings. The van der Waals surface area contributed by atoms with Gasteiger partial charge in [-0.05, 0) is 23.8 Å². The predicted octanol–water partition coefficient (Wildman–Crippen LogP) is 1.70. The van der Waals surface area contributed by atoms with E-state index >= 15 is 0 Å². The zero-order valence-electron chi connectivity index (χ0n) is 11.0. The Bertz CT molecular complexity index is 724. The molecule has 0 bridgehead atoms. The minimum atomic E-state index is -0.337. The van der Waals surface area contributed by atoms with Crippen molar-refractivity contribution in [3.63, 3.8) is 0 Å². The molecule has 0 aliphatic heterocycles. The van der Waals surface area contributed by atoms with E-state index in [0.29, 0.717) is 17.7 Å². The van der Waals surface area contributed by atoms with E-state index in [1.54, 1.807) is 43.6 Å². The molecule has 0 radical (unpaired) electrons. The molecule has 1 aromatic carbocycles. The quantitative estimate of drug-likeness (QED) is 0.919. The van der Waals surface area contributed by atoms with Crippen LogP contribution in [0.5, 0.6) is 0 Å². The molecule has 1 amide bonds. The molecule has 100 valence electrons. The largest absolute Gasteiger partial charge is 0.322 e. The number of pyridine rings is 1. The molecule has 0 aliphatic carbocycles.